The normalized spacial score (nSPS) is 10.1. The molecule has 0 aliphatic rings. The van der Waals surface area contributed by atoms with E-state index in [1.807, 2.05) is 25.1 Å². The summed E-state index contributed by atoms with van der Waals surface area (Å²) in [6.07, 6.45) is 1.59. The molecule has 0 unspecified atom stereocenters. The van der Waals surface area contributed by atoms with Gasteiger partial charge in [0.05, 0.1) is 6.61 Å². The maximum absolute atomic E-state index is 12.0. The fourth-order valence-electron chi connectivity index (χ4n) is 1.75. The first kappa shape index (κ1) is 14.5. The van der Waals surface area contributed by atoms with Crippen LogP contribution in [0.5, 0.6) is 5.75 Å². The first-order valence-corrected chi connectivity index (χ1v) is 7.40. The molecule has 4 nitrogen and oxygen atoms in total. The number of hydrogen-bond acceptors (Lipinski definition) is 3. The van der Waals surface area contributed by atoms with Gasteiger partial charge in [0.2, 0.25) is 0 Å². The van der Waals surface area contributed by atoms with Gasteiger partial charge in [0.25, 0.3) is 5.91 Å². The number of nitrogens with zero attached hydrogens (tertiary/aromatic N) is 1. The van der Waals surface area contributed by atoms with Crippen LogP contribution in [0.4, 0.5) is 5.69 Å². The number of alkyl halides is 1. The lowest BCUT2D eigenvalue weighted by atomic mass is 10.2. The fraction of sp³-hybridized carbons (Fsp3) is 0.200. The number of rotatable bonds is 5. The number of nitrogens with one attached hydrogen (secondary N) is 1. The van der Waals surface area contributed by atoms with Crippen molar-refractivity contribution in [1.29, 1.82) is 0 Å². The molecule has 1 N–H and O–H groups in total. The quantitative estimate of drug-likeness (QED) is 0.849. The smallest absolute Gasteiger partial charge is 0.274 e. The highest BCUT2D eigenvalue weighted by Crippen LogP contribution is 2.25. The molecule has 5 heteroatoms. The second-order valence-electron chi connectivity index (χ2n) is 4.06. The molecular formula is C15H15BrN2O2. The summed E-state index contributed by atoms with van der Waals surface area (Å²) in [6, 6.07) is 10.8. The molecular weight excluding hydrogens is 320 g/mol. The Bertz CT molecular complexity index is 588. The highest BCUT2D eigenvalue weighted by molar-refractivity contribution is 9.08. The molecule has 0 fully saturated rings. The molecule has 0 saturated heterocycles. The summed E-state index contributed by atoms with van der Waals surface area (Å²) in [5.41, 5.74) is 2.10. The zero-order valence-electron chi connectivity index (χ0n) is 11.1. The summed E-state index contributed by atoms with van der Waals surface area (Å²) in [5, 5.41) is 3.49. The maximum atomic E-state index is 12.0. The van der Waals surface area contributed by atoms with Gasteiger partial charge in [0, 0.05) is 22.8 Å². The highest BCUT2D eigenvalue weighted by atomic mass is 79.9. The van der Waals surface area contributed by atoms with Crippen LogP contribution in [0.25, 0.3) is 0 Å². The molecule has 0 spiro atoms. The molecule has 0 radical (unpaired) electrons. The average molecular weight is 335 g/mol. The molecule has 0 bridgehead atoms. The molecule has 1 aromatic heterocycles. The van der Waals surface area contributed by atoms with Crippen LogP contribution in [0.2, 0.25) is 0 Å². The van der Waals surface area contributed by atoms with Crippen molar-refractivity contribution in [2.45, 2.75) is 12.3 Å². The third-order valence-corrected chi connectivity index (χ3v) is 3.26. The minimum atomic E-state index is -0.227. The summed E-state index contributed by atoms with van der Waals surface area (Å²) >= 11 is 3.42. The van der Waals surface area contributed by atoms with Gasteiger partial charge in [-0.3, -0.25) is 9.78 Å². The predicted octanol–water partition coefficient (Wildman–Crippen LogP) is 3.63. The number of hydrogen-bond donors (Lipinski definition) is 1. The van der Waals surface area contributed by atoms with E-state index in [0.29, 0.717) is 17.6 Å². The van der Waals surface area contributed by atoms with Gasteiger partial charge in [-0.05, 0) is 37.3 Å². The predicted molar refractivity (Wildman–Crippen MR) is 82.4 cm³/mol. The molecule has 1 amide bonds. The fourth-order valence-corrected chi connectivity index (χ4v) is 2.19. The minimum absolute atomic E-state index is 0.227. The number of benzene rings is 1. The van der Waals surface area contributed by atoms with Crippen LogP contribution in [-0.2, 0) is 5.33 Å². The van der Waals surface area contributed by atoms with E-state index >= 15 is 0 Å². The van der Waals surface area contributed by atoms with Crippen LogP contribution >= 0.6 is 15.9 Å². The Kier molecular flexibility index (Phi) is 5.12. The van der Waals surface area contributed by atoms with Crippen LogP contribution in [0, 0.1) is 0 Å². The SMILES string of the molecule is CCOc1ccc(NC(=O)c2ccccn2)cc1CBr. The number of ether oxygens (including phenoxy) is 1. The van der Waals surface area contributed by atoms with Gasteiger partial charge in [0.15, 0.2) is 0 Å². The van der Waals surface area contributed by atoms with Crippen molar-refractivity contribution in [1.82, 2.24) is 4.98 Å². The summed E-state index contributed by atoms with van der Waals surface area (Å²) in [5.74, 6) is 0.593. The van der Waals surface area contributed by atoms with Crippen molar-refractivity contribution in [3.8, 4) is 5.75 Å². The minimum Gasteiger partial charge on any atom is -0.494 e. The Morgan fingerprint density at radius 1 is 1.35 bits per heavy atom. The van der Waals surface area contributed by atoms with Crippen molar-refractivity contribution >= 4 is 27.5 Å². The molecule has 104 valence electrons. The number of pyridine rings is 1. The van der Waals surface area contributed by atoms with Gasteiger partial charge < -0.3 is 10.1 Å². The molecule has 20 heavy (non-hydrogen) atoms. The van der Waals surface area contributed by atoms with Crippen LogP contribution in [0.1, 0.15) is 23.0 Å². The Morgan fingerprint density at radius 3 is 2.85 bits per heavy atom. The third kappa shape index (κ3) is 3.57. The first-order valence-electron chi connectivity index (χ1n) is 6.28. The van der Waals surface area contributed by atoms with E-state index < -0.39 is 0 Å². The molecule has 1 aromatic carbocycles. The van der Waals surface area contributed by atoms with Gasteiger partial charge in [-0.15, -0.1) is 0 Å². The molecule has 0 aliphatic heterocycles. The first-order chi connectivity index (χ1) is 9.74. The van der Waals surface area contributed by atoms with Crippen LogP contribution in [0.3, 0.4) is 0 Å². The lowest BCUT2D eigenvalue weighted by molar-refractivity contribution is 0.102. The molecule has 0 atom stereocenters. The van der Waals surface area contributed by atoms with Crippen molar-refractivity contribution in [3.05, 3.63) is 53.9 Å². The van der Waals surface area contributed by atoms with E-state index in [2.05, 4.69) is 26.2 Å². The van der Waals surface area contributed by atoms with Gasteiger partial charge in [-0.25, -0.2) is 0 Å². The lowest BCUT2D eigenvalue weighted by Gasteiger charge is -2.11. The van der Waals surface area contributed by atoms with E-state index in [-0.39, 0.29) is 5.91 Å². The van der Waals surface area contributed by atoms with E-state index in [1.165, 1.54) is 0 Å². The van der Waals surface area contributed by atoms with Gasteiger partial charge in [0.1, 0.15) is 11.4 Å². The molecule has 0 saturated carbocycles. The van der Waals surface area contributed by atoms with Gasteiger partial charge in [-0.2, -0.15) is 0 Å². The second kappa shape index (κ2) is 7.05. The Morgan fingerprint density at radius 2 is 2.20 bits per heavy atom. The molecule has 0 aliphatic carbocycles. The Hall–Kier alpha value is -1.88. The van der Waals surface area contributed by atoms with Crippen LogP contribution < -0.4 is 10.1 Å². The Labute approximate surface area is 126 Å². The van der Waals surface area contributed by atoms with Crippen molar-refractivity contribution in [2.24, 2.45) is 0 Å². The molecule has 2 aromatic rings. The monoisotopic (exact) mass is 334 g/mol. The zero-order chi connectivity index (χ0) is 14.4. The average Bonchev–Trinajstić information content (AvgIpc) is 2.50. The number of carbonyl (C=O) groups is 1. The largest absolute Gasteiger partial charge is 0.494 e. The van der Waals surface area contributed by atoms with Crippen LogP contribution in [-0.4, -0.2) is 17.5 Å². The summed E-state index contributed by atoms with van der Waals surface area (Å²) in [7, 11) is 0. The Balaban J connectivity index is 2.16. The van der Waals surface area contributed by atoms with E-state index in [0.717, 1.165) is 17.0 Å². The second-order valence-corrected chi connectivity index (χ2v) is 4.62. The van der Waals surface area contributed by atoms with E-state index in [1.54, 1.807) is 24.4 Å². The summed E-state index contributed by atoms with van der Waals surface area (Å²) in [6.45, 7) is 2.55. The molecule has 2 rings (SSSR count). The number of anilines is 1. The topological polar surface area (TPSA) is 51.2 Å². The standard InChI is InChI=1S/C15H15BrN2O2/c1-2-20-14-7-6-12(9-11(14)10-16)18-15(19)13-5-3-4-8-17-13/h3-9H,2,10H2,1H3,(H,18,19). The van der Waals surface area contributed by atoms with Gasteiger partial charge >= 0.3 is 0 Å². The summed E-state index contributed by atoms with van der Waals surface area (Å²) in [4.78, 5) is 16.0. The van der Waals surface area contributed by atoms with Crippen molar-refractivity contribution in [2.75, 3.05) is 11.9 Å². The molecule has 1 heterocycles. The number of carbonyl (C=O) groups excluding carboxylic acids is 1. The van der Waals surface area contributed by atoms with Crippen LogP contribution in [0.15, 0.2) is 42.6 Å². The maximum Gasteiger partial charge on any atom is 0.274 e. The van der Waals surface area contributed by atoms with Crippen molar-refractivity contribution < 1.29 is 9.53 Å². The lowest BCUT2D eigenvalue weighted by Crippen LogP contribution is -2.13. The van der Waals surface area contributed by atoms with Crippen molar-refractivity contribution in [3.63, 3.8) is 0 Å². The van der Waals surface area contributed by atoms with E-state index in [9.17, 15) is 4.79 Å². The van der Waals surface area contributed by atoms with E-state index in [4.69, 9.17) is 4.74 Å². The summed E-state index contributed by atoms with van der Waals surface area (Å²) < 4.78 is 5.52. The number of amides is 1. The number of halogens is 1. The third-order valence-electron chi connectivity index (χ3n) is 2.66. The van der Waals surface area contributed by atoms with Gasteiger partial charge in [-0.1, -0.05) is 22.0 Å². The number of aromatic nitrogens is 1. The zero-order valence-corrected chi connectivity index (χ0v) is 12.7. The highest BCUT2D eigenvalue weighted by Gasteiger charge is 2.09.